The molecule has 4 heteroatoms. The Morgan fingerprint density at radius 1 is 1.14 bits per heavy atom. The zero-order chi connectivity index (χ0) is 10.2. The largest absolute Gasteiger partial charge is 0.383 e. The van der Waals surface area contributed by atoms with Crippen molar-refractivity contribution in [2.45, 2.75) is 0 Å². The van der Waals surface area contributed by atoms with Crippen LogP contribution in [0.1, 0.15) is 0 Å². The van der Waals surface area contributed by atoms with Crippen LogP contribution in [0.4, 0.5) is 0 Å². The third-order valence-corrected chi connectivity index (χ3v) is 2.68. The Bertz CT molecular complexity index is 135. The Balaban J connectivity index is 1.91. The number of ether oxygens (including phenoxy) is 1. The maximum atomic E-state index is 4.97. The molecule has 0 aromatic carbocycles. The number of likely N-dealkylation sites (N-methyl/N-ethyl adjacent to an activating group) is 1. The number of hydrogen-bond donors (Lipinski definition) is 1. The van der Waals surface area contributed by atoms with Gasteiger partial charge in [0, 0.05) is 52.9 Å². The lowest BCUT2D eigenvalue weighted by molar-refractivity contribution is 0.152. The molecule has 0 saturated carbocycles. The van der Waals surface area contributed by atoms with Gasteiger partial charge in [0.05, 0.1) is 6.61 Å². The van der Waals surface area contributed by atoms with E-state index in [-0.39, 0.29) is 0 Å². The van der Waals surface area contributed by atoms with E-state index < -0.39 is 0 Å². The van der Waals surface area contributed by atoms with E-state index >= 15 is 0 Å². The van der Waals surface area contributed by atoms with Crippen LogP contribution < -0.4 is 5.32 Å². The van der Waals surface area contributed by atoms with Gasteiger partial charge in [-0.05, 0) is 7.05 Å². The predicted molar refractivity (Wildman–Crippen MR) is 58.7 cm³/mol. The fourth-order valence-corrected chi connectivity index (χ4v) is 1.61. The number of piperazine rings is 1. The van der Waals surface area contributed by atoms with E-state index in [0.29, 0.717) is 0 Å². The van der Waals surface area contributed by atoms with Crippen molar-refractivity contribution < 1.29 is 4.74 Å². The van der Waals surface area contributed by atoms with Gasteiger partial charge in [0.2, 0.25) is 0 Å². The monoisotopic (exact) mass is 201 g/mol. The van der Waals surface area contributed by atoms with Gasteiger partial charge in [0.15, 0.2) is 0 Å². The molecule has 1 aliphatic rings. The Hall–Kier alpha value is -0.160. The summed E-state index contributed by atoms with van der Waals surface area (Å²) in [7, 11) is 3.93. The van der Waals surface area contributed by atoms with Crippen molar-refractivity contribution in [2.24, 2.45) is 0 Å². The quantitative estimate of drug-likeness (QED) is 0.585. The Kier molecular flexibility index (Phi) is 6.10. The summed E-state index contributed by atoms with van der Waals surface area (Å²) in [5.41, 5.74) is 0. The summed E-state index contributed by atoms with van der Waals surface area (Å²) in [5.74, 6) is 0. The maximum Gasteiger partial charge on any atom is 0.0587 e. The highest BCUT2D eigenvalue weighted by Crippen LogP contribution is 1.97. The second kappa shape index (κ2) is 7.17. The minimum absolute atomic E-state index is 0.808. The van der Waals surface area contributed by atoms with E-state index in [9.17, 15) is 0 Å². The highest BCUT2D eigenvalue weighted by molar-refractivity contribution is 4.69. The Morgan fingerprint density at radius 2 is 1.86 bits per heavy atom. The standard InChI is InChI=1S/C10H23N3O/c1-12-6-8-13(9-7-12)5-3-11-4-10-14-2/h11H,3-10H2,1-2H3. The van der Waals surface area contributed by atoms with E-state index in [1.54, 1.807) is 7.11 Å². The predicted octanol–water partition coefficient (Wildman–Crippen LogP) is -0.530. The van der Waals surface area contributed by atoms with Gasteiger partial charge in [-0.2, -0.15) is 0 Å². The summed E-state index contributed by atoms with van der Waals surface area (Å²) in [4.78, 5) is 4.90. The summed E-state index contributed by atoms with van der Waals surface area (Å²) >= 11 is 0. The summed E-state index contributed by atoms with van der Waals surface area (Å²) in [5, 5.41) is 3.36. The molecular weight excluding hydrogens is 178 g/mol. The molecule has 0 aromatic heterocycles. The van der Waals surface area contributed by atoms with Crippen molar-refractivity contribution in [1.29, 1.82) is 0 Å². The average Bonchev–Trinajstić information content (AvgIpc) is 2.21. The van der Waals surface area contributed by atoms with Gasteiger partial charge >= 0.3 is 0 Å². The van der Waals surface area contributed by atoms with Crippen LogP contribution in [0.15, 0.2) is 0 Å². The van der Waals surface area contributed by atoms with Crippen LogP contribution in [0.25, 0.3) is 0 Å². The molecule has 14 heavy (non-hydrogen) atoms. The zero-order valence-corrected chi connectivity index (χ0v) is 9.46. The number of nitrogens with zero attached hydrogens (tertiary/aromatic N) is 2. The van der Waals surface area contributed by atoms with Gasteiger partial charge in [-0.1, -0.05) is 0 Å². The molecule has 0 amide bonds. The summed E-state index contributed by atoms with van der Waals surface area (Å²) in [6, 6.07) is 0. The van der Waals surface area contributed by atoms with Crippen molar-refractivity contribution in [3.05, 3.63) is 0 Å². The average molecular weight is 201 g/mol. The minimum atomic E-state index is 0.808. The van der Waals surface area contributed by atoms with Crippen LogP contribution in [-0.2, 0) is 4.74 Å². The summed E-state index contributed by atoms with van der Waals surface area (Å²) in [6.07, 6.45) is 0. The van der Waals surface area contributed by atoms with Crippen molar-refractivity contribution in [3.63, 3.8) is 0 Å². The van der Waals surface area contributed by atoms with Crippen LogP contribution in [-0.4, -0.2) is 76.4 Å². The fraction of sp³-hybridized carbons (Fsp3) is 1.00. The first kappa shape index (κ1) is 11.9. The molecule has 0 spiro atoms. The Labute approximate surface area is 87.2 Å². The third-order valence-electron chi connectivity index (χ3n) is 2.68. The second-order valence-electron chi connectivity index (χ2n) is 3.89. The van der Waals surface area contributed by atoms with Crippen molar-refractivity contribution in [3.8, 4) is 0 Å². The van der Waals surface area contributed by atoms with Gasteiger partial charge in [0.1, 0.15) is 0 Å². The lowest BCUT2D eigenvalue weighted by Crippen LogP contribution is -2.46. The zero-order valence-electron chi connectivity index (χ0n) is 9.46. The first-order valence-electron chi connectivity index (χ1n) is 5.43. The molecule has 0 unspecified atom stereocenters. The lowest BCUT2D eigenvalue weighted by atomic mass is 10.3. The first-order valence-corrected chi connectivity index (χ1v) is 5.43. The molecule has 1 rings (SSSR count). The van der Waals surface area contributed by atoms with Crippen LogP contribution in [0.5, 0.6) is 0 Å². The lowest BCUT2D eigenvalue weighted by Gasteiger charge is -2.32. The molecule has 1 fully saturated rings. The summed E-state index contributed by atoms with van der Waals surface area (Å²) < 4.78 is 4.97. The SMILES string of the molecule is COCCNCCN1CCN(C)CC1. The van der Waals surface area contributed by atoms with Crippen LogP contribution in [0.2, 0.25) is 0 Å². The van der Waals surface area contributed by atoms with Gasteiger partial charge in [-0.15, -0.1) is 0 Å². The van der Waals surface area contributed by atoms with Crippen LogP contribution in [0.3, 0.4) is 0 Å². The van der Waals surface area contributed by atoms with E-state index in [4.69, 9.17) is 4.74 Å². The smallest absolute Gasteiger partial charge is 0.0587 e. The van der Waals surface area contributed by atoms with Crippen LogP contribution >= 0.6 is 0 Å². The molecule has 0 atom stereocenters. The molecule has 84 valence electrons. The molecule has 0 aliphatic carbocycles. The van der Waals surface area contributed by atoms with Gasteiger partial charge < -0.3 is 15.0 Å². The molecule has 1 heterocycles. The number of rotatable bonds is 6. The molecule has 0 aromatic rings. The first-order chi connectivity index (χ1) is 6.83. The molecule has 1 saturated heterocycles. The Morgan fingerprint density at radius 3 is 2.50 bits per heavy atom. The third kappa shape index (κ3) is 4.91. The number of methoxy groups -OCH3 is 1. The topological polar surface area (TPSA) is 27.7 Å². The number of hydrogen-bond acceptors (Lipinski definition) is 4. The fourth-order valence-electron chi connectivity index (χ4n) is 1.61. The molecule has 1 N–H and O–H groups in total. The van der Waals surface area contributed by atoms with Gasteiger partial charge in [-0.3, -0.25) is 4.90 Å². The highest BCUT2D eigenvalue weighted by Gasteiger charge is 2.12. The van der Waals surface area contributed by atoms with Crippen molar-refractivity contribution in [1.82, 2.24) is 15.1 Å². The van der Waals surface area contributed by atoms with E-state index in [0.717, 1.165) is 26.2 Å². The molecule has 1 aliphatic heterocycles. The number of nitrogens with one attached hydrogen (secondary N) is 1. The van der Waals surface area contributed by atoms with E-state index in [1.165, 1.54) is 26.2 Å². The molecule has 4 nitrogen and oxygen atoms in total. The maximum absolute atomic E-state index is 4.97. The van der Waals surface area contributed by atoms with E-state index in [1.807, 2.05) is 0 Å². The van der Waals surface area contributed by atoms with Gasteiger partial charge in [-0.25, -0.2) is 0 Å². The van der Waals surface area contributed by atoms with Crippen LogP contribution in [0, 0.1) is 0 Å². The normalized spacial score (nSPS) is 20.1. The van der Waals surface area contributed by atoms with E-state index in [2.05, 4.69) is 22.2 Å². The highest BCUT2D eigenvalue weighted by atomic mass is 16.5. The summed E-state index contributed by atoms with van der Waals surface area (Å²) in [6.45, 7) is 8.85. The van der Waals surface area contributed by atoms with Crippen molar-refractivity contribution in [2.75, 3.05) is 66.6 Å². The second-order valence-corrected chi connectivity index (χ2v) is 3.89. The minimum Gasteiger partial charge on any atom is -0.383 e. The van der Waals surface area contributed by atoms with Gasteiger partial charge in [0.25, 0.3) is 0 Å². The van der Waals surface area contributed by atoms with Crippen molar-refractivity contribution >= 4 is 0 Å². The molecule has 0 radical (unpaired) electrons. The molecular formula is C10H23N3O. The molecule has 0 bridgehead atoms.